The van der Waals surface area contributed by atoms with Crippen molar-refractivity contribution in [3.05, 3.63) is 94.0 Å². The van der Waals surface area contributed by atoms with Crippen LogP contribution < -0.4 is 5.32 Å². The molecule has 1 atom stereocenters. The Morgan fingerprint density at radius 1 is 1.03 bits per heavy atom. The van der Waals surface area contributed by atoms with Crippen molar-refractivity contribution in [3.63, 3.8) is 0 Å². The predicted octanol–water partition coefficient (Wildman–Crippen LogP) is 5.57. The second kappa shape index (κ2) is 9.45. The molecule has 5 nitrogen and oxygen atoms in total. The lowest BCUT2D eigenvalue weighted by Gasteiger charge is -2.17. The highest BCUT2D eigenvalue weighted by Gasteiger charge is 2.29. The number of aliphatic carboxylic acids is 1. The maximum atomic E-state index is 12.4. The second-order valence-electron chi connectivity index (χ2n) is 8.04. The molecule has 6 heteroatoms. The Bertz CT molecular complexity index is 1090. The molecule has 3 aromatic carbocycles. The largest absolute Gasteiger partial charge is 0.480 e. The standard InChI is InChI=1S/C26H24ClNO4/c1-16-12-17(14-18(27)13-16)10-11-24(25(29)30)28-26(31)32-15-23-21-8-4-2-6-19(21)20-7-3-5-9-22(20)23/h2-9,12-14,23-24H,10-11,15H2,1H3,(H,28,31)(H,29,30)/t24-/m0/s1. The van der Waals surface area contributed by atoms with E-state index in [0.717, 1.165) is 33.4 Å². The van der Waals surface area contributed by atoms with Crippen LogP contribution >= 0.6 is 11.6 Å². The van der Waals surface area contributed by atoms with Gasteiger partial charge in [-0.3, -0.25) is 0 Å². The smallest absolute Gasteiger partial charge is 0.407 e. The molecule has 1 aliphatic rings. The van der Waals surface area contributed by atoms with Crippen LogP contribution in [-0.4, -0.2) is 29.8 Å². The van der Waals surface area contributed by atoms with Gasteiger partial charge in [-0.15, -0.1) is 0 Å². The molecule has 0 spiro atoms. The van der Waals surface area contributed by atoms with Crippen molar-refractivity contribution in [1.82, 2.24) is 5.32 Å². The number of fused-ring (bicyclic) bond motifs is 3. The fourth-order valence-electron chi connectivity index (χ4n) is 4.31. The molecule has 0 saturated carbocycles. The molecule has 3 aromatic rings. The van der Waals surface area contributed by atoms with E-state index >= 15 is 0 Å². The monoisotopic (exact) mass is 449 g/mol. The lowest BCUT2D eigenvalue weighted by atomic mass is 9.98. The number of carboxylic acid groups (broad SMARTS) is 1. The summed E-state index contributed by atoms with van der Waals surface area (Å²) in [5, 5.41) is 12.7. The van der Waals surface area contributed by atoms with Crippen LogP contribution in [0.4, 0.5) is 4.79 Å². The average molecular weight is 450 g/mol. The van der Waals surface area contributed by atoms with Gasteiger partial charge in [0.2, 0.25) is 0 Å². The fraction of sp³-hybridized carbons (Fsp3) is 0.231. The third-order valence-corrected chi connectivity index (χ3v) is 5.98. The highest BCUT2D eigenvalue weighted by molar-refractivity contribution is 6.30. The number of carbonyl (C=O) groups excluding carboxylic acids is 1. The van der Waals surface area contributed by atoms with Crippen molar-refractivity contribution in [1.29, 1.82) is 0 Å². The first-order valence-electron chi connectivity index (χ1n) is 10.5. The Labute approximate surface area is 192 Å². The van der Waals surface area contributed by atoms with Gasteiger partial charge in [0.15, 0.2) is 0 Å². The lowest BCUT2D eigenvalue weighted by Crippen LogP contribution is -2.41. The van der Waals surface area contributed by atoms with E-state index in [4.69, 9.17) is 16.3 Å². The number of aryl methyl sites for hydroxylation is 2. The molecule has 4 rings (SSSR count). The Hall–Kier alpha value is -3.31. The number of rotatable bonds is 7. The summed E-state index contributed by atoms with van der Waals surface area (Å²) in [7, 11) is 0. The quantitative estimate of drug-likeness (QED) is 0.494. The van der Waals surface area contributed by atoms with E-state index in [1.54, 1.807) is 6.07 Å². The van der Waals surface area contributed by atoms with Crippen LogP contribution in [0.2, 0.25) is 5.02 Å². The number of hydrogen-bond acceptors (Lipinski definition) is 3. The molecule has 32 heavy (non-hydrogen) atoms. The van der Waals surface area contributed by atoms with Crippen LogP contribution in [-0.2, 0) is 16.0 Å². The normalized spacial score (nSPS) is 13.2. The third kappa shape index (κ3) is 4.78. The first-order valence-corrected chi connectivity index (χ1v) is 10.9. The summed E-state index contributed by atoms with van der Waals surface area (Å²) in [6.07, 6.45) is -0.0250. The van der Waals surface area contributed by atoms with Gasteiger partial charge in [0.05, 0.1) is 0 Å². The van der Waals surface area contributed by atoms with Crippen molar-refractivity contribution in [3.8, 4) is 11.1 Å². The highest BCUT2D eigenvalue weighted by Crippen LogP contribution is 2.44. The fourth-order valence-corrected chi connectivity index (χ4v) is 4.62. The highest BCUT2D eigenvalue weighted by atomic mass is 35.5. The van der Waals surface area contributed by atoms with Crippen LogP contribution in [0.5, 0.6) is 0 Å². The summed E-state index contributed by atoms with van der Waals surface area (Å²) >= 11 is 6.08. The topological polar surface area (TPSA) is 75.6 Å². The van der Waals surface area contributed by atoms with Crippen LogP contribution in [0, 0.1) is 6.92 Å². The molecule has 1 aliphatic carbocycles. The van der Waals surface area contributed by atoms with Crippen LogP contribution in [0.3, 0.4) is 0 Å². The zero-order valence-corrected chi connectivity index (χ0v) is 18.4. The van der Waals surface area contributed by atoms with E-state index in [0.29, 0.717) is 11.4 Å². The van der Waals surface area contributed by atoms with E-state index < -0.39 is 18.1 Å². The molecule has 0 heterocycles. The van der Waals surface area contributed by atoms with Gasteiger partial charge in [-0.25, -0.2) is 9.59 Å². The SMILES string of the molecule is Cc1cc(Cl)cc(CC[C@H](NC(=O)OCC2c3ccccc3-c3ccccc32)C(=O)O)c1. The van der Waals surface area contributed by atoms with Crippen LogP contribution in [0.25, 0.3) is 11.1 Å². The minimum Gasteiger partial charge on any atom is -0.480 e. The van der Waals surface area contributed by atoms with E-state index in [2.05, 4.69) is 17.4 Å². The molecule has 2 N–H and O–H groups in total. The third-order valence-electron chi connectivity index (χ3n) is 5.76. The number of halogens is 1. The average Bonchev–Trinajstić information content (AvgIpc) is 3.08. The van der Waals surface area contributed by atoms with Gasteiger partial charge in [0, 0.05) is 10.9 Å². The molecule has 0 unspecified atom stereocenters. The summed E-state index contributed by atoms with van der Waals surface area (Å²) in [6, 6.07) is 20.7. The number of amides is 1. The van der Waals surface area contributed by atoms with Crippen LogP contribution in [0.15, 0.2) is 66.7 Å². The molecule has 0 bridgehead atoms. The minimum atomic E-state index is -1.10. The zero-order valence-electron chi connectivity index (χ0n) is 17.7. The molecule has 0 aliphatic heterocycles. The maximum absolute atomic E-state index is 12.4. The molecule has 0 radical (unpaired) electrons. The molecule has 164 valence electrons. The van der Waals surface area contributed by atoms with E-state index in [9.17, 15) is 14.7 Å². The first-order chi connectivity index (χ1) is 15.4. The van der Waals surface area contributed by atoms with Crippen molar-refractivity contribution in [2.45, 2.75) is 31.7 Å². The van der Waals surface area contributed by atoms with E-state index in [-0.39, 0.29) is 18.9 Å². The molecule has 0 aromatic heterocycles. The summed E-state index contributed by atoms with van der Waals surface area (Å²) in [6.45, 7) is 2.07. The number of ether oxygens (including phenoxy) is 1. The molecule has 0 fully saturated rings. The Morgan fingerprint density at radius 2 is 1.66 bits per heavy atom. The predicted molar refractivity (Wildman–Crippen MR) is 124 cm³/mol. The Balaban J connectivity index is 1.38. The molecule has 1 amide bonds. The summed E-state index contributed by atoms with van der Waals surface area (Å²) in [4.78, 5) is 24.1. The van der Waals surface area contributed by atoms with Crippen molar-refractivity contribution in [2.75, 3.05) is 6.61 Å². The maximum Gasteiger partial charge on any atom is 0.407 e. The number of hydrogen-bond donors (Lipinski definition) is 2. The van der Waals surface area contributed by atoms with Gasteiger partial charge >= 0.3 is 12.1 Å². The van der Waals surface area contributed by atoms with E-state index in [1.807, 2.05) is 55.5 Å². The second-order valence-corrected chi connectivity index (χ2v) is 8.47. The summed E-state index contributed by atoms with van der Waals surface area (Å²) in [5.41, 5.74) is 6.41. The Morgan fingerprint density at radius 3 is 2.25 bits per heavy atom. The lowest BCUT2D eigenvalue weighted by molar-refractivity contribution is -0.139. The number of carbonyl (C=O) groups is 2. The number of benzene rings is 3. The summed E-state index contributed by atoms with van der Waals surface area (Å²) < 4.78 is 5.48. The number of alkyl carbamates (subject to hydrolysis) is 1. The van der Waals surface area contributed by atoms with E-state index in [1.165, 1.54) is 0 Å². The van der Waals surface area contributed by atoms with Gasteiger partial charge < -0.3 is 15.2 Å². The van der Waals surface area contributed by atoms with Gasteiger partial charge in [-0.2, -0.15) is 0 Å². The van der Waals surface area contributed by atoms with Crippen molar-refractivity contribution in [2.24, 2.45) is 0 Å². The summed E-state index contributed by atoms with van der Waals surface area (Å²) in [5.74, 6) is -1.18. The number of carboxylic acids is 1. The Kier molecular flexibility index (Phi) is 6.47. The molecular weight excluding hydrogens is 426 g/mol. The molecular formula is C26H24ClNO4. The van der Waals surface area contributed by atoms with Crippen molar-refractivity contribution < 1.29 is 19.4 Å². The van der Waals surface area contributed by atoms with Crippen molar-refractivity contribution >= 4 is 23.7 Å². The van der Waals surface area contributed by atoms with Gasteiger partial charge in [-0.1, -0.05) is 66.2 Å². The number of nitrogens with one attached hydrogen (secondary N) is 1. The molecule has 0 saturated heterocycles. The van der Waals surface area contributed by atoms with Gasteiger partial charge in [-0.05, 0) is 65.3 Å². The van der Waals surface area contributed by atoms with Gasteiger partial charge in [0.1, 0.15) is 12.6 Å². The van der Waals surface area contributed by atoms with Crippen LogP contribution in [0.1, 0.15) is 34.6 Å². The zero-order chi connectivity index (χ0) is 22.7. The first kappa shape index (κ1) is 21.9. The minimum absolute atomic E-state index is 0.0779. The van der Waals surface area contributed by atoms with Gasteiger partial charge in [0.25, 0.3) is 0 Å².